The molecule has 1 aromatic heterocycles. The van der Waals surface area contributed by atoms with Gasteiger partial charge in [0.1, 0.15) is 10.7 Å². The topological polar surface area (TPSA) is 72.8 Å². The molecule has 0 radical (unpaired) electrons. The molecule has 2 aromatic carbocycles. The second-order valence-electron chi connectivity index (χ2n) is 5.96. The van der Waals surface area contributed by atoms with Gasteiger partial charge in [-0.3, -0.25) is 4.79 Å². The average Bonchev–Trinajstić information content (AvgIpc) is 3.12. The molecular weight excluding hydrogens is 410 g/mol. The van der Waals surface area contributed by atoms with Crippen LogP contribution in [0, 0.1) is 6.92 Å². The highest BCUT2D eigenvalue weighted by atomic mass is 35.5. The Morgan fingerprint density at radius 1 is 1.31 bits per heavy atom. The number of rotatable bonds is 7. The smallest absolute Gasteiger partial charge is 0.291 e. The molecule has 0 aliphatic heterocycles. The fraction of sp³-hybridized carbons (Fsp3) is 0.190. The highest BCUT2D eigenvalue weighted by Crippen LogP contribution is 2.36. The van der Waals surface area contributed by atoms with Crippen LogP contribution in [-0.4, -0.2) is 30.8 Å². The molecule has 3 rings (SSSR count). The molecule has 3 aromatic rings. The van der Waals surface area contributed by atoms with Crippen molar-refractivity contribution in [2.24, 2.45) is 5.10 Å². The first-order chi connectivity index (χ1) is 14.0. The third kappa shape index (κ3) is 4.93. The lowest BCUT2D eigenvalue weighted by molar-refractivity contribution is 0.0950. The van der Waals surface area contributed by atoms with Crippen molar-refractivity contribution in [1.29, 1.82) is 0 Å². The Balaban J connectivity index is 1.73. The summed E-state index contributed by atoms with van der Waals surface area (Å²) in [5, 5.41) is 5.21. The first-order valence-corrected chi connectivity index (χ1v) is 10.1. The van der Waals surface area contributed by atoms with E-state index in [9.17, 15) is 4.79 Å². The molecule has 0 saturated heterocycles. The molecule has 29 heavy (non-hydrogen) atoms. The number of hydrazone groups is 1. The molecule has 150 valence electrons. The monoisotopic (exact) mass is 429 g/mol. The number of hydrogen-bond donors (Lipinski definition) is 1. The minimum absolute atomic E-state index is 0.355. The molecule has 6 nitrogen and oxygen atoms in total. The highest BCUT2D eigenvalue weighted by molar-refractivity contribution is 7.15. The van der Waals surface area contributed by atoms with E-state index < -0.39 is 0 Å². The summed E-state index contributed by atoms with van der Waals surface area (Å²) in [6.45, 7) is 4.20. The number of thiazole rings is 1. The maximum Gasteiger partial charge on any atom is 0.291 e. The van der Waals surface area contributed by atoms with Crippen LogP contribution in [0.15, 0.2) is 47.6 Å². The lowest BCUT2D eigenvalue weighted by Gasteiger charge is -2.11. The van der Waals surface area contributed by atoms with Crippen LogP contribution in [-0.2, 0) is 0 Å². The van der Waals surface area contributed by atoms with Crippen LogP contribution in [0.2, 0.25) is 5.02 Å². The molecule has 0 aliphatic carbocycles. The van der Waals surface area contributed by atoms with Crippen LogP contribution in [0.3, 0.4) is 0 Å². The van der Waals surface area contributed by atoms with E-state index in [2.05, 4.69) is 15.5 Å². The number of hydrogen-bond acceptors (Lipinski definition) is 6. The molecule has 0 aliphatic rings. The maximum atomic E-state index is 12.5. The van der Waals surface area contributed by atoms with Gasteiger partial charge in [-0.2, -0.15) is 5.10 Å². The van der Waals surface area contributed by atoms with Crippen molar-refractivity contribution in [3.8, 4) is 22.1 Å². The molecular formula is C21H20ClN3O3S. The molecule has 1 heterocycles. The zero-order chi connectivity index (χ0) is 20.8. The van der Waals surface area contributed by atoms with Crippen molar-refractivity contribution < 1.29 is 14.3 Å². The number of ether oxygens (including phenoxy) is 2. The van der Waals surface area contributed by atoms with Gasteiger partial charge in [0.25, 0.3) is 5.91 Å². The molecule has 1 N–H and O–H groups in total. The Morgan fingerprint density at radius 3 is 2.76 bits per heavy atom. The second-order valence-corrected chi connectivity index (χ2v) is 7.57. The van der Waals surface area contributed by atoms with Crippen molar-refractivity contribution in [2.45, 2.75) is 13.8 Å². The van der Waals surface area contributed by atoms with Crippen LogP contribution >= 0.6 is 22.9 Å². The van der Waals surface area contributed by atoms with E-state index in [0.717, 1.165) is 15.4 Å². The quantitative estimate of drug-likeness (QED) is 0.426. The maximum absolute atomic E-state index is 12.5. The van der Waals surface area contributed by atoms with E-state index in [1.165, 1.54) is 24.7 Å². The minimum Gasteiger partial charge on any atom is -0.493 e. The predicted molar refractivity (Wildman–Crippen MR) is 117 cm³/mol. The van der Waals surface area contributed by atoms with Crippen LogP contribution in [0.1, 0.15) is 27.9 Å². The van der Waals surface area contributed by atoms with Gasteiger partial charge in [-0.25, -0.2) is 10.4 Å². The molecule has 0 bridgehead atoms. The minimum atomic E-state index is -0.374. The zero-order valence-corrected chi connectivity index (χ0v) is 17.8. The van der Waals surface area contributed by atoms with Gasteiger partial charge in [0, 0.05) is 10.4 Å². The first-order valence-electron chi connectivity index (χ1n) is 8.90. The Kier molecular flexibility index (Phi) is 6.85. The zero-order valence-electron chi connectivity index (χ0n) is 16.2. The van der Waals surface area contributed by atoms with Crippen LogP contribution in [0.25, 0.3) is 10.6 Å². The first kappa shape index (κ1) is 20.8. The number of halogens is 1. The summed E-state index contributed by atoms with van der Waals surface area (Å²) in [5.74, 6) is 0.598. The number of nitrogens with zero attached hydrogens (tertiary/aromatic N) is 2. The molecule has 0 fully saturated rings. The van der Waals surface area contributed by atoms with Crippen molar-refractivity contribution in [2.75, 3.05) is 13.7 Å². The molecule has 0 unspecified atom stereocenters. The van der Waals surface area contributed by atoms with Gasteiger partial charge in [-0.1, -0.05) is 41.9 Å². The van der Waals surface area contributed by atoms with E-state index in [0.29, 0.717) is 34.4 Å². The fourth-order valence-electron chi connectivity index (χ4n) is 2.63. The summed E-state index contributed by atoms with van der Waals surface area (Å²) in [6.07, 6.45) is 1.49. The van der Waals surface area contributed by atoms with Gasteiger partial charge >= 0.3 is 0 Å². The van der Waals surface area contributed by atoms with E-state index in [-0.39, 0.29) is 5.91 Å². The Bertz CT molecular complexity index is 1040. The van der Waals surface area contributed by atoms with E-state index in [4.69, 9.17) is 21.1 Å². The number of amides is 1. The normalized spacial score (nSPS) is 10.9. The summed E-state index contributed by atoms with van der Waals surface area (Å²) in [4.78, 5) is 17.8. The summed E-state index contributed by atoms with van der Waals surface area (Å²) in [7, 11) is 1.53. The Labute approximate surface area is 178 Å². The van der Waals surface area contributed by atoms with Crippen LogP contribution < -0.4 is 14.9 Å². The number of benzene rings is 2. The van der Waals surface area contributed by atoms with Crippen molar-refractivity contribution in [3.05, 3.63) is 63.6 Å². The number of nitrogens with one attached hydrogen (secondary N) is 1. The molecule has 1 amide bonds. The molecule has 8 heteroatoms. The van der Waals surface area contributed by atoms with Crippen molar-refractivity contribution >= 4 is 35.1 Å². The SMILES string of the molecule is CCOc1c(Cl)cc(/C=N\NC(=O)c2nc(-c3ccccc3)sc2C)cc1OC. The van der Waals surface area contributed by atoms with E-state index in [1.807, 2.05) is 44.2 Å². The highest BCUT2D eigenvalue weighted by Gasteiger charge is 2.16. The van der Waals surface area contributed by atoms with Gasteiger partial charge in [-0.15, -0.1) is 11.3 Å². The summed E-state index contributed by atoms with van der Waals surface area (Å²) >= 11 is 7.72. The van der Waals surface area contributed by atoms with Gasteiger partial charge in [-0.05, 0) is 31.5 Å². The number of aryl methyl sites for hydroxylation is 1. The van der Waals surface area contributed by atoms with Gasteiger partial charge in [0.2, 0.25) is 0 Å². The van der Waals surface area contributed by atoms with E-state index >= 15 is 0 Å². The average molecular weight is 430 g/mol. The van der Waals surface area contributed by atoms with Gasteiger partial charge in [0.15, 0.2) is 11.5 Å². The molecule has 0 atom stereocenters. The largest absolute Gasteiger partial charge is 0.493 e. The number of carbonyl (C=O) groups is 1. The summed E-state index contributed by atoms with van der Waals surface area (Å²) in [5.41, 5.74) is 4.50. The fourth-order valence-corrected chi connectivity index (χ4v) is 3.82. The van der Waals surface area contributed by atoms with Crippen LogP contribution in [0.4, 0.5) is 0 Å². The number of carbonyl (C=O) groups excluding carboxylic acids is 1. The van der Waals surface area contributed by atoms with E-state index in [1.54, 1.807) is 12.1 Å². The standard InChI is InChI=1S/C21H20ClN3O3S/c1-4-28-19-16(22)10-14(11-17(19)27-3)12-23-25-20(26)18-13(2)29-21(24-18)15-8-6-5-7-9-15/h5-12H,4H2,1-3H3,(H,25,26)/b23-12-. The Morgan fingerprint density at radius 2 is 2.07 bits per heavy atom. The summed E-state index contributed by atoms with van der Waals surface area (Å²) < 4.78 is 10.8. The van der Waals surface area contributed by atoms with Gasteiger partial charge < -0.3 is 9.47 Å². The second kappa shape index (κ2) is 9.54. The third-order valence-corrected chi connectivity index (χ3v) is 5.25. The Hall–Kier alpha value is -2.90. The molecule has 0 saturated carbocycles. The number of aromatic nitrogens is 1. The predicted octanol–water partition coefficient (Wildman–Crippen LogP) is 4.94. The third-order valence-electron chi connectivity index (χ3n) is 3.95. The van der Waals surface area contributed by atoms with Crippen molar-refractivity contribution in [1.82, 2.24) is 10.4 Å². The van der Waals surface area contributed by atoms with Gasteiger partial charge in [0.05, 0.1) is 25.0 Å². The van der Waals surface area contributed by atoms with Crippen molar-refractivity contribution in [3.63, 3.8) is 0 Å². The lowest BCUT2D eigenvalue weighted by Crippen LogP contribution is -2.19. The number of methoxy groups -OCH3 is 1. The molecule has 0 spiro atoms. The van der Waals surface area contributed by atoms with Crippen LogP contribution in [0.5, 0.6) is 11.5 Å². The lowest BCUT2D eigenvalue weighted by atomic mass is 10.2. The summed E-state index contributed by atoms with van der Waals surface area (Å²) in [6, 6.07) is 13.1.